The average Bonchev–Trinajstić information content (AvgIpc) is 2.56. The van der Waals surface area contributed by atoms with E-state index in [0.29, 0.717) is 11.0 Å². The molecule has 0 atom stereocenters. The molecule has 0 spiro atoms. The second-order valence-electron chi connectivity index (χ2n) is 4.37. The molecule has 2 rings (SSSR count). The van der Waals surface area contributed by atoms with Crippen molar-refractivity contribution in [1.29, 1.82) is 0 Å². The lowest BCUT2D eigenvalue weighted by atomic mass is 10.2. The van der Waals surface area contributed by atoms with Crippen LogP contribution >= 0.6 is 11.8 Å². The maximum Gasteiger partial charge on any atom is 0.262 e. The third kappa shape index (κ3) is 2.81. The molecule has 5 nitrogen and oxygen atoms in total. The molecule has 6 heteroatoms. The monoisotopic (exact) mass is 264 g/mol. The van der Waals surface area contributed by atoms with Gasteiger partial charge in [-0.1, -0.05) is 13.8 Å². The highest BCUT2D eigenvalue weighted by Crippen LogP contribution is 2.28. The summed E-state index contributed by atoms with van der Waals surface area (Å²) in [6.07, 6.45) is 0. The lowest BCUT2D eigenvalue weighted by molar-refractivity contribution is 0.431. The van der Waals surface area contributed by atoms with Gasteiger partial charge in [-0.15, -0.1) is 0 Å². The number of hydrogen-bond acceptors (Lipinski definition) is 6. The van der Waals surface area contributed by atoms with Gasteiger partial charge in [0.25, 0.3) is 5.22 Å². The van der Waals surface area contributed by atoms with Gasteiger partial charge in [-0.05, 0) is 25.6 Å². The summed E-state index contributed by atoms with van der Waals surface area (Å²) in [7, 11) is 0. The van der Waals surface area contributed by atoms with Gasteiger partial charge in [0.1, 0.15) is 22.4 Å². The molecule has 96 valence electrons. The molecule has 2 aromatic heterocycles. The van der Waals surface area contributed by atoms with E-state index in [1.807, 2.05) is 27.7 Å². The summed E-state index contributed by atoms with van der Waals surface area (Å²) in [6.45, 7) is 7.86. The van der Waals surface area contributed by atoms with Gasteiger partial charge in [0, 0.05) is 12.0 Å². The van der Waals surface area contributed by atoms with Crippen molar-refractivity contribution in [1.82, 2.24) is 15.0 Å². The number of hydrogen-bond donors (Lipinski definition) is 1. The van der Waals surface area contributed by atoms with Gasteiger partial charge in [0.05, 0.1) is 5.69 Å². The summed E-state index contributed by atoms with van der Waals surface area (Å²) in [6, 6.07) is 1.73. The van der Waals surface area contributed by atoms with E-state index in [4.69, 9.17) is 10.2 Å². The molecule has 0 saturated carbocycles. The number of nitrogens with zero attached hydrogens (tertiary/aromatic N) is 3. The van der Waals surface area contributed by atoms with Crippen LogP contribution in [0.5, 0.6) is 0 Å². The molecule has 0 aromatic carbocycles. The summed E-state index contributed by atoms with van der Waals surface area (Å²) in [5.74, 6) is 2.26. The maximum atomic E-state index is 5.77. The van der Waals surface area contributed by atoms with Crippen molar-refractivity contribution in [3.8, 4) is 0 Å². The van der Waals surface area contributed by atoms with Crippen LogP contribution in [0.4, 0.5) is 5.82 Å². The SMILES string of the molecule is Cc1nc(Sc2cc(N)nc(C(C)C)n2)oc1C. The van der Waals surface area contributed by atoms with E-state index in [9.17, 15) is 0 Å². The molecule has 0 radical (unpaired) electrons. The second kappa shape index (κ2) is 4.97. The molecule has 0 aliphatic rings. The van der Waals surface area contributed by atoms with E-state index in [1.54, 1.807) is 6.07 Å². The molecule has 2 heterocycles. The van der Waals surface area contributed by atoms with Crippen molar-refractivity contribution < 1.29 is 4.42 Å². The Morgan fingerprint density at radius 1 is 1.22 bits per heavy atom. The van der Waals surface area contributed by atoms with E-state index in [-0.39, 0.29) is 5.92 Å². The normalized spacial score (nSPS) is 11.2. The van der Waals surface area contributed by atoms with Crippen LogP contribution < -0.4 is 5.73 Å². The minimum Gasteiger partial charge on any atom is -0.436 e. The first kappa shape index (κ1) is 12.9. The highest BCUT2D eigenvalue weighted by atomic mass is 32.2. The second-order valence-corrected chi connectivity index (χ2v) is 5.34. The maximum absolute atomic E-state index is 5.77. The highest BCUT2D eigenvalue weighted by molar-refractivity contribution is 7.99. The van der Waals surface area contributed by atoms with Crippen LogP contribution in [0.15, 0.2) is 20.7 Å². The molecule has 0 bridgehead atoms. The number of nitrogen functional groups attached to an aromatic ring is 1. The largest absolute Gasteiger partial charge is 0.436 e. The minimum atomic E-state index is 0.237. The number of nitrogens with two attached hydrogens (primary N) is 1. The topological polar surface area (TPSA) is 77.8 Å². The smallest absolute Gasteiger partial charge is 0.262 e. The summed E-state index contributed by atoms with van der Waals surface area (Å²) < 4.78 is 5.51. The molecule has 0 unspecified atom stereocenters. The molecule has 0 fully saturated rings. The Morgan fingerprint density at radius 3 is 2.50 bits per heavy atom. The van der Waals surface area contributed by atoms with Crippen LogP contribution in [-0.2, 0) is 0 Å². The molecule has 0 amide bonds. The van der Waals surface area contributed by atoms with Crippen LogP contribution in [0.2, 0.25) is 0 Å². The predicted molar refractivity (Wildman–Crippen MR) is 70.6 cm³/mol. The van der Waals surface area contributed by atoms with Crippen molar-refractivity contribution in [2.45, 2.75) is 43.9 Å². The Labute approximate surface area is 110 Å². The van der Waals surface area contributed by atoms with Gasteiger partial charge in [0.15, 0.2) is 0 Å². The Bertz CT molecular complexity index is 546. The summed E-state index contributed by atoms with van der Waals surface area (Å²) in [4.78, 5) is 12.9. The Hall–Kier alpha value is -1.56. The van der Waals surface area contributed by atoms with Crippen molar-refractivity contribution in [2.24, 2.45) is 0 Å². The van der Waals surface area contributed by atoms with Crippen LogP contribution in [0, 0.1) is 13.8 Å². The molecule has 0 aliphatic carbocycles. The van der Waals surface area contributed by atoms with Crippen LogP contribution in [-0.4, -0.2) is 15.0 Å². The zero-order valence-corrected chi connectivity index (χ0v) is 11.7. The molecule has 18 heavy (non-hydrogen) atoms. The van der Waals surface area contributed by atoms with Gasteiger partial charge in [-0.3, -0.25) is 0 Å². The Balaban J connectivity index is 2.28. The molecule has 2 N–H and O–H groups in total. The first-order valence-corrected chi connectivity index (χ1v) is 6.53. The van der Waals surface area contributed by atoms with Crippen molar-refractivity contribution in [2.75, 3.05) is 5.73 Å². The van der Waals surface area contributed by atoms with Crippen molar-refractivity contribution in [3.63, 3.8) is 0 Å². The van der Waals surface area contributed by atoms with Crippen LogP contribution in [0.25, 0.3) is 0 Å². The van der Waals surface area contributed by atoms with E-state index in [2.05, 4.69) is 15.0 Å². The summed E-state index contributed by atoms with van der Waals surface area (Å²) >= 11 is 1.36. The summed E-state index contributed by atoms with van der Waals surface area (Å²) in [5.41, 5.74) is 6.66. The van der Waals surface area contributed by atoms with Gasteiger partial charge in [-0.25, -0.2) is 15.0 Å². The standard InChI is InChI=1S/C12H16N4OS/c1-6(2)11-15-9(13)5-10(16-11)18-12-14-7(3)8(4)17-12/h5-6H,1-4H3,(H2,13,15,16). The van der Waals surface area contributed by atoms with Crippen molar-refractivity contribution >= 4 is 17.6 Å². The third-order valence-corrected chi connectivity index (χ3v) is 3.22. The highest BCUT2D eigenvalue weighted by Gasteiger charge is 2.11. The van der Waals surface area contributed by atoms with E-state index >= 15 is 0 Å². The number of anilines is 1. The molecular weight excluding hydrogens is 248 g/mol. The first-order chi connectivity index (χ1) is 8.45. The molecule has 0 aliphatic heterocycles. The van der Waals surface area contributed by atoms with E-state index in [1.165, 1.54) is 11.8 Å². The fourth-order valence-electron chi connectivity index (χ4n) is 1.35. The fraction of sp³-hybridized carbons (Fsp3) is 0.417. The van der Waals surface area contributed by atoms with Crippen LogP contribution in [0.1, 0.15) is 37.0 Å². The zero-order valence-electron chi connectivity index (χ0n) is 10.9. The van der Waals surface area contributed by atoms with Crippen molar-refractivity contribution in [3.05, 3.63) is 23.3 Å². The average molecular weight is 264 g/mol. The third-order valence-electron chi connectivity index (χ3n) is 2.46. The summed E-state index contributed by atoms with van der Waals surface area (Å²) in [5, 5.41) is 1.34. The lowest BCUT2D eigenvalue weighted by Crippen LogP contribution is -2.02. The van der Waals surface area contributed by atoms with Crippen LogP contribution in [0.3, 0.4) is 0 Å². The number of rotatable bonds is 3. The van der Waals surface area contributed by atoms with Gasteiger partial charge < -0.3 is 10.2 Å². The zero-order chi connectivity index (χ0) is 13.3. The Morgan fingerprint density at radius 2 is 1.94 bits per heavy atom. The minimum absolute atomic E-state index is 0.237. The number of aryl methyl sites for hydroxylation is 2. The molecular formula is C12H16N4OS. The van der Waals surface area contributed by atoms with E-state index < -0.39 is 0 Å². The van der Waals surface area contributed by atoms with E-state index in [0.717, 1.165) is 22.3 Å². The lowest BCUT2D eigenvalue weighted by Gasteiger charge is -2.06. The fourth-order valence-corrected chi connectivity index (χ4v) is 2.20. The first-order valence-electron chi connectivity index (χ1n) is 5.72. The Kier molecular flexibility index (Phi) is 3.56. The number of aromatic nitrogens is 3. The molecule has 2 aromatic rings. The predicted octanol–water partition coefficient (Wildman–Crippen LogP) is 2.94. The van der Waals surface area contributed by atoms with Gasteiger partial charge >= 0.3 is 0 Å². The van der Waals surface area contributed by atoms with Gasteiger partial charge in [-0.2, -0.15) is 0 Å². The quantitative estimate of drug-likeness (QED) is 0.859. The van der Waals surface area contributed by atoms with Gasteiger partial charge in [0.2, 0.25) is 0 Å². The molecule has 0 saturated heterocycles. The number of oxazole rings is 1.